The summed E-state index contributed by atoms with van der Waals surface area (Å²) in [6, 6.07) is 0. The molecule has 1 aliphatic carbocycles. The lowest BCUT2D eigenvalue weighted by Gasteiger charge is -2.02. The number of aliphatic hydroxyl groups excluding tert-OH is 2. The molecule has 1 rings (SSSR count). The second kappa shape index (κ2) is 2.98. The molecule has 0 radical (unpaired) electrons. The molecule has 0 aromatic heterocycles. The Bertz CT molecular complexity index is 227. The fourth-order valence-corrected chi connectivity index (χ4v) is 1.00. The van der Waals surface area contributed by atoms with Crippen molar-refractivity contribution in [1.82, 2.24) is 0 Å². The Hall–Kier alpha value is -0.930. The highest BCUT2D eigenvalue weighted by Gasteiger charge is 2.31. The van der Waals surface area contributed by atoms with Crippen molar-refractivity contribution in [2.45, 2.75) is 19.1 Å². The summed E-state index contributed by atoms with van der Waals surface area (Å²) in [5.74, 6) is -0.407. The van der Waals surface area contributed by atoms with Gasteiger partial charge >= 0.3 is 0 Å². The van der Waals surface area contributed by atoms with Crippen LogP contribution in [0.1, 0.15) is 6.92 Å². The topological polar surface area (TPSA) is 57.5 Å². The van der Waals surface area contributed by atoms with Crippen LogP contribution in [-0.4, -0.2) is 28.2 Å². The van der Waals surface area contributed by atoms with Crippen LogP contribution in [0.15, 0.2) is 23.8 Å². The molecule has 0 saturated carbocycles. The number of Topliss-reactive ketones (excluding diaryl/α,β-unsaturated/α-hetero) is 1. The van der Waals surface area contributed by atoms with E-state index in [0.717, 1.165) is 0 Å². The molecule has 1 unspecified atom stereocenters. The van der Waals surface area contributed by atoms with Crippen molar-refractivity contribution in [3.05, 3.63) is 23.8 Å². The van der Waals surface area contributed by atoms with E-state index in [1.165, 1.54) is 6.08 Å². The number of allylic oxidation sites excluding steroid dienone is 2. The fraction of sp³-hybridized carbons (Fsp3) is 0.375. The second-order valence-electron chi connectivity index (χ2n) is 2.42. The molecule has 60 valence electrons. The Morgan fingerprint density at radius 2 is 2.18 bits per heavy atom. The van der Waals surface area contributed by atoms with Crippen molar-refractivity contribution in [3.8, 4) is 0 Å². The van der Waals surface area contributed by atoms with Gasteiger partial charge in [0.25, 0.3) is 0 Å². The predicted molar refractivity (Wildman–Crippen MR) is 39.9 cm³/mol. The largest absolute Gasteiger partial charge is 0.386 e. The molecular weight excluding hydrogens is 144 g/mol. The van der Waals surface area contributed by atoms with E-state index in [0.29, 0.717) is 5.57 Å². The molecule has 2 atom stereocenters. The Morgan fingerprint density at radius 3 is 2.55 bits per heavy atom. The molecule has 0 saturated heterocycles. The molecule has 11 heavy (non-hydrogen) atoms. The average Bonchev–Trinajstić information content (AvgIpc) is 2.19. The van der Waals surface area contributed by atoms with Crippen molar-refractivity contribution in [2.24, 2.45) is 0 Å². The SMILES string of the molecule is C/C=C/C1=CC(O)[C@H](O)C1=O. The third kappa shape index (κ3) is 1.39. The lowest BCUT2D eigenvalue weighted by molar-refractivity contribution is -0.125. The smallest absolute Gasteiger partial charge is 0.194 e. The highest BCUT2D eigenvalue weighted by atomic mass is 16.3. The zero-order valence-electron chi connectivity index (χ0n) is 6.19. The summed E-state index contributed by atoms with van der Waals surface area (Å²) in [5, 5.41) is 18.0. The summed E-state index contributed by atoms with van der Waals surface area (Å²) in [6.45, 7) is 1.77. The van der Waals surface area contributed by atoms with Crippen LogP contribution in [-0.2, 0) is 4.79 Å². The molecular formula is C8H10O3. The normalized spacial score (nSPS) is 31.5. The van der Waals surface area contributed by atoms with Gasteiger partial charge < -0.3 is 10.2 Å². The molecule has 3 nitrogen and oxygen atoms in total. The molecule has 2 N–H and O–H groups in total. The monoisotopic (exact) mass is 154 g/mol. The van der Waals surface area contributed by atoms with Gasteiger partial charge in [-0.05, 0) is 13.0 Å². The van der Waals surface area contributed by atoms with E-state index in [-0.39, 0.29) is 0 Å². The van der Waals surface area contributed by atoms with Crippen LogP contribution in [0, 0.1) is 0 Å². The molecule has 0 heterocycles. The average molecular weight is 154 g/mol. The summed E-state index contributed by atoms with van der Waals surface area (Å²) in [7, 11) is 0. The third-order valence-corrected chi connectivity index (χ3v) is 1.57. The maximum Gasteiger partial charge on any atom is 0.194 e. The first-order valence-electron chi connectivity index (χ1n) is 3.41. The molecule has 0 aromatic carbocycles. The molecule has 0 fully saturated rings. The minimum atomic E-state index is -1.26. The number of hydrogen-bond acceptors (Lipinski definition) is 3. The maximum atomic E-state index is 11.0. The first-order chi connectivity index (χ1) is 5.16. The van der Waals surface area contributed by atoms with Crippen molar-refractivity contribution >= 4 is 5.78 Å². The van der Waals surface area contributed by atoms with E-state index in [2.05, 4.69) is 0 Å². The van der Waals surface area contributed by atoms with Gasteiger partial charge in [-0.15, -0.1) is 0 Å². The Kier molecular flexibility index (Phi) is 2.22. The first-order valence-corrected chi connectivity index (χ1v) is 3.41. The summed E-state index contributed by atoms with van der Waals surface area (Å²) in [4.78, 5) is 11.0. The van der Waals surface area contributed by atoms with E-state index >= 15 is 0 Å². The Labute approximate surface area is 64.7 Å². The van der Waals surface area contributed by atoms with E-state index in [9.17, 15) is 4.79 Å². The molecule has 0 amide bonds. The number of rotatable bonds is 1. The molecule has 1 aliphatic rings. The van der Waals surface area contributed by atoms with Crippen LogP contribution < -0.4 is 0 Å². The number of carbonyl (C=O) groups excluding carboxylic acids is 1. The Morgan fingerprint density at radius 1 is 1.55 bits per heavy atom. The molecule has 3 heteroatoms. The van der Waals surface area contributed by atoms with Crippen LogP contribution >= 0.6 is 0 Å². The standard InChI is InChI=1S/C8H10O3/c1-2-3-5-4-6(9)8(11)7(5)10/h2-4,6,8-9,11H,1H3/b3-2+/t6?,8-/m0/s1. The summed E-state index contributed by atoms with van der Waals surface area (Å²) >= 11 is 0. The Balaban J connectivity index is 2.83. The van der Waals surface area contributed by atoms with Gasteiger partial charge in [0.15, 0.2) is 5.78 Å². The fourth-order valence-electron chi connectivity index (χ4n) is 1.00. The van der Waals surface area contributed by atoms with Gasteiger partial charge in [0.2, 0.25) is 0 Å². The number of ketones is 1. The molecule has 0 bridgehead atoms. The lowest BCUT2D eigenvalue weighted by atomic mass is 10.2. The zero-order valence-corrected chi connectivity index (χ0v) is 6.19. The predicted octanol–water partition coefficient (Wildman–Crippen LogP) is -0.207. The zero-order chi connectivity index (χ0) is 8.43. The van der Waals surface area contributed by atoms with Crippen molar-refractivity contribution in [3.63, 3.8) is 0 Å². The number of hydrogen-bond donors (Lipinski definition) is 2. The van der Waals surface area contributed by atoms with Gasteiger partial charge in [-0.3, -0.25) is 4.79 Å². The van der Waals surface area contributed by atoms with E-state index in [1.54, 1.807) is 19.1 Å². The van der Waals surface area contributed by atoms with Crippen molar-refractivity contribution < 1.29 is 15.0 Å². The lowest BCUT2D eigenvalue weighted by Crippen LogP contribution is -2.26. The summed E-state index contributed by atoms with van der Waals surface area (Å²) < 4.78 is 0. The molecule has 0 aromatic rings. The maximum absolute atomic E-state index is 11.0. The van der Waals surface area contributed by atoms with Gasteiger partial charge in [-0.1, -0.05) is 12.2 Å². The summed E-state index contributed by atoms with van der Waals surface area (Å²) in [5.41, 5.74) is 0.382. The number of aliphatic hydroxyl groups is 2. The van der Waals surface area contributed by atoms with Crippen LogP contribution in [0.4, 0.5) is 0 Å². The van der Waals surface area contributed by atoms with Gasteiger partial charge in [0.1, 0.15) is 12.2 Å². The minimum absolute atomic E-state index is 0.382. The van der Waals surface area contributed by atoms with Crippen LogP contribution in [0.5, 0.6) is 0 Å². The highest BCUT2D eigenvalue weighted by Crippen LogP contribution is 2.16. The van der Waals surface area contributed by atoms with Crippen LogP contribution in [0.3, 0.4) is 0 Å². The molecule has 0 spiro atoms. The first kappa shape index (κ1) is 8.17. The minimum Gasteiger partial charge on any atom is -0.386 e. The van der Waals surface area contributed by atoms with Crippen molar-refractivity contribution in [1.29, 1.82) is 0 Å². The molecule has 0 aliphatic heterocycles. The van der Waals surface area contributed by atoms with Gasteiger partial charge in [-0.25, -0.2) is 0 Å². The number of carbonyl (C=O) groups is 1. The van der Waals surface area contributed by atoms with Crippen LogP contribution in [0.25, 0.3) is 0 Å². The quantitative estimate of drug-likeness (QED) is 0.549. The third-order valence-electron chi connectivity index (χ3n) is 1.57. The summed E-state index contributed by atoms with van der Waals surface area (Å²) in [6.07, 6.45) is 2.32. The van der Waals surface area contributed by atoms with E-state index < -0.39 is 18.0 Å². The van der Waals surface area contributed by atoms with Gasteiger partial charge in [0, 0.05) is 5.57 Å². The van der Waals surface area contributed by atoms with E-state index in [1.807, 2.05) is 0 Å². The second-order valence-corrected chi connectivity index (χ2v) is 2.42. The van der Waals surface area contributed by atoms with E-state index in [4.69, 9.17) is 10.2 Å². The van der Waals surface area contributed by atoms with Crippen molar-refractivity contribution in [2.75, 3.05) is 0 Å². The van der Waals surface area contributed by atoms with Gasteiger partial charge in [0.05, 0.1) is 0 Å². The van der Waals surface area contributed by atoms with Gasteiger partial charge in [-0.2, -0.15) is 0 Å². The van der Waals surface area contributed by atoms with Crippen LogP contribution in [0.2, 0.25) is 0 Å². The highest BCUT2D eigenvalue weighted by molar-refractivity contribution is 6.04.